The summed E-state index contributed by atoms with van der Waals surface area (Å²) in [5.74, 6) is 0.584. The molecule has 0 aliphatic heterocycles. The van der Waals surface area contributed by atoms with Crippen molar-refractivity contribution in [3.05, 3.63) is 65.7 Å². The van der Waals surface area contributed by atoms with Gasteiger partial charge in [0.2, 0.25) is 0 Å². The molecule has 1 N–H and O–H groups in total. The minimum absolute atomic E-state index is 0.0668. The van der Waals surface area contributed by atoms with Crippen LogP contribution >= 0.6 is 0 Å². The molecular formula is C20H21N5O. The molecule has 1 aliphatic carbocycles. The minimum atomic E-state index is -0.151. The van der Waals surface area contributed by atoms with Gasteiger partial charge in [0.25, 0.3) is 5.91 Å². The maximum Gasteiger partial charge on any atom is 0.272 e. The summed E-state index contributed by atoms with van der Waals surface area (Å²) in [6.45, 7) is 2.74. The predicted molar refractivity (Wildman–Crippen MR) is 98.5 cm³/mol. The number of hydrogen-bond donors (Lipinski definition) is 1. The monoisotopic (exact) mass is 347 g/mol. The van der Waals surface area contributed by atoms with Gasteiger partial charge in [-0.05, 0) is 32.3 Å². The largest absolute Gasteiger partial charge is 0.344 e. The molecule has 0 unspecified atom stereocenters. The van der Waals surface area contributed by atoms with E-state index in [2.05, 4.69) is 15.4 Å². The third-order valence-corrected chi connectivity index (χ3v) is 4.72. The highest BCUT2D eigenvalue weighted by molar-refractivity contribution is 5.92. The van der Waals surface area contributed by atoms with Crippen molar-refractivity contribution in [3.8, 4) is 11.4 Å². The van der Waals surface area contributed by atoms with Crippen molar-refractivity contribution >= 4 is 5.91 Å². The van der Waals surface area contributed by atoms with E-state index in [1.54, 1.807) is 10.7 Å². The second-order valence-corrected chi connectivity index (χ2v) is 6.44. The Bertz CT molecular complexity index is 919. The molecule has 0 saturated heterocycles. The Morgan fingerprint density at radius 3 is 2.88 bits per heavy atom. The molecule has 0 radical (unpaired) electrons. The molecule has 1 aliphatic rings. The van der Waals surface area contributed by atoms with Crippen LogP contribution in [0, 0.1) is 0 Å². The fraction of sp³-hybridized carbons (Fsp3) is 0.300. The predicted octanol–water partition coefficient (Wildman–Crippen LogP) is 3.17. The topological polar surface area (TPSA) is 72.7 Å². The number of carbonyl (C=O) groups is 1. The lowest BCUT2D eigenvalue weighted by atomic mass is 9.92. The van der Waals surface area contributed by atoms with Crippen LogP contribution in [0.2, 0.25) is 0 Å². The average molecular weight is 347 g/mol. The van der Waals surface area contributed by atoms with Crippen LogP contribution in [-0.2, 0) is 13.0 Å². The Kier molecular flexibility index (Phi) is 4.48. The number of nitrogens with zero attached hydrogens (tertiary/aromatic N) is 4. The molecule has 0 bridgehead atoms. The van der Waals surface area contributed by atoms with Crippen LogP contribution in [0.15, 0.2) is 48.8 Å². The van der Waals surface area contributed by atoms with Crippen LogP contribution in [0.25, 0.3) is 11.4 Å². The van der Waals surface area contributed by atoms with Gasteiger partial charge >= 0.3 is 0 Å². The summed E-state index contributed by atoms with van der Waals surface area (Å²) in [6, 6.07) is 11.6. The summed E-state index contributed by atoms with van der Waals surface area (Å²) in [7, 11) is 0. The summed E-state index contributed by atoms with van der Waals surface area (Å²) >= 11 is 0. The van der Waals surface area contributed by atoms with Crippen molar-refractivity contribution in [2.75, 3.05) is 0 Å². The van der Waals surface area contributed by atoms with Crippen LogP contribution < -0.4 is 5.32 Å². The molecule has 0 saturated carbocycles. The molecule has 0 spiro atoms. The quantitative estimate of drug-likeness (QED) is 0.787. The highest BCUT2D eigenvalue weighted by atomic mass is 16.2. The highest BCUT2D eigenvalue weighted by Crippen LogP contribution is 2.29. The second-order valence-electron chi connectivity index (χ2n) is 6.44. The summed E-state index contributed by atoms with van der Waals surface area (Å²) < 4.78 is 1.75. The lowest BCUT2D eigenvalue weighted by Crippen LogP contribution is -2.32. The van der Waals surface area contributed by atoms with E-state index in [9.17, 15) is 4.79 Å². The van der Waals surface area contributed by atoms with Crippen molar-refractivity contribution in [3.63, 3.8) is 0 Å². The highest BCUT2D eigenvalue weighted by Gasteiger charge is 2.25. The molecule has 2 heterocycles. The van der Waals surface area contributed by atoms with Gasteiger partial charge in [0.05, 0.1) is 6.04 Å². The maximum atomic E-state index is 12.5. The molecule has 6 nitrogen and oxygen atoms in total. The van der Waals surface area contributed by atoms with E-state index in [0.29, 0.717) is 5.69 Å². The SMILES string of the molecule is CCn1ccc(C(=O)N[C@@H]2CCCc3nc(-c4ccccc4)ncc32)n1. The molecule has 0 fully saturated rings. The Balaban J connectivity index is 1.56. The van der Waals surface area contributed by atoms with Crippen LogP contribution in [-0.4, -0.2) is 25.7 Å². The molecule has 4 rings (SSSR count). The van der Waals surface area contributed by atoms with Crippen LogP contribution in [0.4, 0.5) is 0 Å². The number of aromatic nitrogens is 4. The van der Waals surface area contributed by atoms with E-state index < -0.39 is 0 Å². The first-order valence-electron chi connectivity index (χ1n) is 9.00. The molecule has 132 valence electrons. The summed E-state index contributed by atoms with van der Waals surface area (Å²) in [5, 5.41) is 7.37. The molecule has 1 aromatic carbocycles. The van der Waals surface area contributed by atoms with E-state index in [1.807, 2.05) is 49.6 Å². The second kappa shape index (κ2) is 7.07. The van der Waals surface area contributed by atoms with Gasteiger partial charge in [0.1, 0.15) is 5.69 Å². The fourth-order valence-corrected chi connectivity index (χ4v) is 3.31. The van der Waals surface area contributed by atoms with Crippen molar-refractivity contribution in [1.29, 1.82) is 0 Å². The summed E-state index contributed by atoms with van der Waals surface area (Å²) in [6.07, 6.45) is 6.47. The number of benzene rings is 1. The lowest BCUT2D eigenvalue weighted by Gasteiger charge is -2.25. The molecule has 26 heavy (non-hydrogen) atoms. The van der Waals surface area contributed by atoms with Gasteiger partial charge in [-0.1, -0.05) is 30.3 Å². The average Bonchev–Trinajstić information content (AvgIpc) is 3.18. The van der Waals surface area contributed by atoms with Crippen molar-refractivity contribution < 1.29 is 4.79 Å². The van der Waals surface area contributed by atoms with Gasteiger partial charge in [0, 0.05) is 35.8 Å². The first-order chi connectivity index (χ1) is 12.7. The summed E-state index contributed by atoms with van der Waals surface area (Å²) in [4.78, 5) is 21.8. The number of aryl methyl sites for hydroxylation is 2. The zero-order chi connectivity index (χ0) is 17.9. The molecule has 6 heteroatoms. The Labute approximate surface area is 152 Å². The number of rotatable bonds is 4. The van der Waals surface area contributed by atoms with Crippen LogP contribution in [0.1, 0.15) is 47.6 Å². The van der Waals surface area contributed by atoms with Crippen molar-refractivity contribution in [2.24, 2.45) is 0 Å². The fourth-order valence-electron chi connectivity index (χ4n) is 3.31. The van der Waals surface area contributed by atoms with Crippen LogP contribution in [0.5, 0.6) is 0 Å². The third-order valence-electron chi connectivity index (χ3n) is 4.72. The van der Waals surface area contributed by atoms with Gasteiger partial charge in [-0.3, -0.25) is 9.48 Å². The van der Waals surface area contributed by atoms with E-state index in [4.69, 9.17) is 4.98 Å². The number of amides is 1. The van der Waals surface area contributed by atoms with Gasteiger partial charge in [0.15, 0.2) is 5.82 Å². The minimum Gasteiger partial charge on any atom is -0.344 e. The Morgan fingerprint density at radius 1 is 1.27 bits per heavy atom. The number of hydrogen-bond acceptors (Lipinski definition) is 4. The van der Waals surface area contributed by atoms with Gasteiger partial charge in [-0.25, -0.2) is 9.97 Å². The van der Waals surface area contributed by atoms with Crippen molar-refractivity contribution in [2.45, 2.75) is 38.8 Å². The van der Waals surface area contributed by atoms with E-state index in [1.165, 1.54) is 0 Å². The Hall–Kier alpha value is -3.02. The maximum absolute atomic E-state index is 12.5. The van der Waals surface area contributed by atoms with Gasteiger partial charge in [-0.15, -0.1) is 0 Å². The van der Waals surface area contributed by atoms with Gasteiger partial charge in [-0.2, -0.15) is 5.10 Å². The standard InChI is InChI=1S/C20H21N5O/c1-2-25-12-11-18(24-25)20(26)23-17-10-6-9-16-15(17)13-21-19(22-16)14-7-4-3-5-8-14/h3-5,7-8,11-13,17H,2,6,9-10H2,1H3,(H,23,26)/t17-/m1/s1. The molecular weight excluding hydrogens is 326 g/mol. The molecule has 1 amide bonds. The molecule has 3 aromatic rings. The van der Waals surface area contributed by atoms with E-state index in [-0.39, 0.29) is 11.9 Å². The lowest BCUT2D eigenvalue weighted by molar-refractivity contribution is 0.0926. The smallest absolute Gasteiger partial charge is 0.272 e. The third kappa shape index (κ3) is 3.22. The number of nitrogens with one attached hydrogen (secondary N) is 1. The first-order valence-corrected chi connectivity index (χ1v) is 9.00. The first kappa shape index (κ1) is 16.4. The summed E-state index contributed by atoms with van der Waals surface area (Å²) in [5.41, 5.74) is 3.49. The zero-order valence-corrected chi connectivity index (χ0v) is 14.7. The van der Waals surface area contributed by atoms with Gasteiger partial charge < -0.3 is 5.32 Å². The molecule has 1 atom stereocenters. The van der Waals surface area contributed by atoms with E-state index in [0.717, 1.165) is 48.5 Å². The number of carbonyl (C=O) groups excluding carboxylic acids is 1. The number of fused-ring (bicyclic) bond motifs is 1. The zero-order valence-electron chi connectivity index (χ0n) is 14.7. The Morgan fingerprint density at radius 2 is 2.12 bits per heavy atom. The van der Waals surface area contributed by atoms with Crippen LogP contribution in [0.3, 0.4) is 0 Å². The normalized spacial score (nSPS) is 16.1. The van der Waals surface area contributed by atoms with E-state index >= 15 is 0 Å². The van der Waals surface area contributed by atoms with Crippen molar-refractivity contribution in [1.82, 2.24) is 25.1 Å². The molecule has 2 aromatic heterocycles.